The van der Waals surface area contributed by atoms with Gasteiger partial charge in [0.05, 0.1) is 11.5 Å². The van der Waals surface area contributed by atoms with Gasteiger partial charge in [-0.2, -0.15) is 0 Å². The van der Waals surface area contributed by atoms with Gasteiger partial charge < -0.3 is 15.0 Å². The average Bonchev–Trinajstić information content (AvgIpc) is 3.21. The molecule has 1 N–H and O–H groups in total. The number of nitrogens with one attached hydrogen (secondary N) is 1. The summed E-state index contributed by atoms with van der Waals surface area (Å²) in [6.07, 6.45) is 3.12. The maximum Gasteiger partial charge on any atom is 0.293 e. The van der Waals surface area contributed by atoms with E-state index in [0.29, 0.717) is 30.9 Å². The highest BCUT2D eigenvalue weighted by molar-refractivity contribution is 5.98. The topological polar surface area (TPSA) is 102 Å². The number of ketones is 1. The number of hydrogen-bond acceptors (Lipinski definition) is 6. The Morgan fingerprint density at radius 2 is 2.03 bits per heavy atom. The lowest BCUT2D eigenvalue weighted by Crippen LogP contribution is -2.47. The zero-order chi connectivity index (χ0) is 21.3. The molecule has 0 unspecified atom stereocenters. The third kappa shape index (κ3) is 3.85. The van der Waals surface area contributed by atoms with Crippen molar-refractivity contribution in [2.24, 2.45) is 0 Å². The number of nitro benzene ring substituents is 1. The molecule has 4 rings (SSSR count). The second kappa shape index (κ2) is 8.14. The average molecular weight is 409 g/mol. The lowest BCUT2D eigenvalue weighted by Gasteiger charge is -2.36. The summed E-state index contributed by atoms with van der Waals surface area (Å²) in [7, 11) is 0. The SMILES string of the molecule is CC(=O)c1ccc(N2CCCC[C@H]2C(=O)Nc2ccc3c(c2)CCO3)c([N+](=O)[O-])c1. The molecule has 1 amide bonds. The lowest BCUT2D eigenvalue weighted by atomic mass is 9.99. The van der Waals surface area contributed by atoms with Gasteiger partial charge in [-0.1, -0.05) is 0 Å². The molecule has 30 heavy (non-hydrogen) atoms. The number of nitro groups is 1. The van der Waals surface area contributed by atoms with E-state index in [1.807, 2.05) is 12.1 Å². The number of rotatable bonds is 5. The van der Waals surface area contributed by atoms with Crippen LogP contribution < -0.4 is 15.0 Å². The Hall–Kier alpha value is -3.42. The van der Waals surface area contributed by atoms with Gasteiger partial charge in [0.15, 0.2) is 5.78 Å². The number of benzene rings is 2. The van der Waals surface area contributed by atoms with Crippen molar-refractivity contribution in [3.8, 4) is 5.75 Å². The van der Waals surface area contributed by atoms with Crippen LogP contribution in [-0.2, 0) is 11.2 Å². The normalized spacial score (nSPS) is 17.8. The number of ether oxygens (including phenoxy) is 1. The van der Waals surface area contributed by atoms with Crippen LogP contribution in [0.5, 0.6) is 5.75 Å². The zero-order valence-electron chi connectivity index (χ0n) is 16.7. The molecule has 0 aromatic heterocycles. The molecule has 2 aromatic rings. The van der Waals surface area contributed by atoms with E-state index < -0.39 is 11.0 Å². The van der Waals surface area contributed by atoms with Crippen LogP contribution in [-0.4, -0.2) is 35.8 Å². The predicted octanol–water partition coefficient (Wildman–Crippen LogP) is 3.73. The summed E-state index contributed by atoms with van der Waals surface area (Å²) >= 11 is 0. The fraction of sp³-hybridized carbons (Fsp3) is 0.364. The quantitative estimate of drug-likeness (QED) is 0.459. The highest BCUT2D eigenvalue weighted by atomic mass is 16.6. The summed E-state index contributed by atoms with van der Waals surface area (Å²) in [5.41, 5.74) is 2.24. The van der Waals surface area contributed by atoms with Gasteiger partial charge in [-0.25, -0.2) is 0 Å². The minimum Gasteiger partial charge on any atom is -0.493 e. The van der Waals surface area contributed by atoms with Crippen LogP contribution in [0.4, 0.5) is 17.1 Å². The molecule has 2 aromatic carbocycles. The van der Waals surface area contributed by atoms with Crippen LogP contribution in [0.1, 0.15) is 42.1 Å². The van der Waals surface area contributed by atoms with Crippen LogP contribution in [0.15, 0.2) is 36.4 Å². The maximum atomic E-state index is 13.1. The number of Topliss-reactive ketones (excluding diaryl/α,β-unsaturated/α-hetero) is 1. The molecule has 156 valence electrons. The number of carbonyl (C=O) groups excluding carboxylic acids is 2. The van der Waals surface area contributed by atoms with Crippen LogP contribution in [0.25, 0.3) is 0 Å². The molecule has 1 fully saturated rings. The Kier molecular flexibility index (Phi) is 5.39. The highest BCUT2D eigenvalue weighted by Gasteiger charge is 2.33. The monoisotopic (exact) mass is 409 g/mol. The van der Waals surface area contributed by atoms with E-state index in [1.54, 1.807) is 23.1 Å². The summed E-state index contributed by atoms with van der Waals surface area (Å²) in [6.45, 7) is 2.55. The van der Waals surface area contributed by atoms with Gasteiger partial charge in [0.1, 0.15) is 17.5 Å². The van der Waals surface area contributed by atoms with Gasteiger partial charge >= 0.3 is 0 Å². The number of piperidine rings is 1. The summed E-state index contributed by atoms with van der Waals surface area (Å²) in [5, 5.41) is 14.6. The number of amides is 1. The second-order valence-corrected chi connectivity index (χ2v) is 7.63. The molecule has 0 bridgehead atoms. The Labute approximate surface area is 174 Å². The Morgan fingerprint density at radius 1 is 1.20 bits per heavy atom. The van der Waals surface area contributed by atoms with Crippen molar-refractivity contribution in [2.75, 3.05) is 23.4 Å². The van der Waals surface area contributed by atoms with E-state index in [2.05, 4.69) is 5.32 Å². The third-order valence-electron chi connectivity index (χ3n) is 5.65. The van der Waals surface area contributed by atoms with Crippen molar-refractivity contribution in [3.63, 3.8) is 0 Å². The summed E-state index contributed by atoms with van der Waals surface area (Å²) in [5.74, 6) is 0.408. The molecule has 0 aliphatic carbocycles. The first kappa shape index (κ1) is 19.9. The summed E-state index contributed by atoms with van der Waals surface area (Å²) in [4.78, 5) is 37.7. The largest absolute Gasteiger partial charge is 0.493 e. The van der Waals surface area contributed by atoms with Crippen molar-refractivity contribution in [1.82, 2.24) is 0 Å². The first-order valence-electron chi connectivity index (χ1n) is 10.1. The Morgan fingerprint density at radius 3 is 2.80 bits per heavy atom. The van der Waals surface area contributed by atoms with Crippen LogP contribution in [0.2, 0.25) is 0 Å². The van der Waals surface area contributed by atoms with Crippen molar-refractivity contribution >= 4 is 28.8 Å². The Bertz CT molecular complexity index is 1020. The fourth-order valence-electron chi connectivity index (χ4n) is 4.11. The van der Waals surface area contributed by atoms with Gasteiger partial charge in [-0.15, -0.1) is 0 Å². The molecule has 2 aliphatic rings. The molecule has 0 saturated carbocycles. The molecule has 1 saturated heterocycles. The van der Waals surface area contributed by atoms with E-state index in [-0.39, 0.29) is 22.9 Å². The second-order valence-electron chi connectivity index (χ2n) is 7.63. The molecule has 0 radical (unpaired) electrons. The molecule has 8 heteroatoms. The first-order chi connectivity index (χ1) is 14.4. The standard InChI is InChI=1S/C22H23N3O5/c1-14(26)15-5-7-18(20(13-15)25(28)29)24-10-3-2-4-19(24)22(27)23-17-6-8-21-16(12-17)9-11-30-21/h5-8,12-13,19H,2-4,9-11H2,1H3,(H,23,27)/t19-/m0/s1. The van der Waals surface area contributed by atoms with Gasteiger partial charge in [0, 0.05) is 30.3 Å². The number of fused-ring (bicyclic) bond motifs is 1. The van der Waals surface area contributed by atoms with Crippen LogP contribution in [0, 0.1) is 10.1 Å². The van der Waals surface area contributed by atoms with E-state index in [4.69, 9.17) is 4.74 Å². The van der Waals surface area contributed by atoms with E-state index in [9.17, 15) is 19.7 Å². The summed E-state index contributed by atoms with van der Waals surface area (Å²) in [6, 6.07) is 9.49. The van der Waals surface area contributed by atoms with Crippen molar-refractivity contribution in [3.05, 3.63) is 57.6 Å². The molecular weight excluding hydrogens is 386 g/mol. The minimum absolute atomic E-state index is 0.155. The molecule has 0 spiro atoms. The van der Waals surface area contributed by atoms with E-state index in [0.717, 1.165) is 30.6 Å². The molecule has 1 atom stereocenters. The number of carbonyl (C=O) groups is 2. The molecule has 2 heterocycles. The predicted molar refractivity (Wildman–Crippen MR) is 112 cm³/mol. The lowest BCUT2D eigenvalue weighted by molar-refractivity contribution is -0.384. The van der Waals surface area contributed by atoms with Crippen molar-refractivity contribution in [1.29, 1.82) is 0 Å². The smallest absolute Gasteiger partial charge is 0.293 e. The Balaban J connectivity index is 1.61. The third-order valence-corrected chi connectivity index (χ3v) is 5.65. The van der Waals surface area contributed by atoms with E-state index >= 15 is 0 Å². The first-order valence-corrected chi connectivity index (χ1v) is 10.1. The van der Waals surface area contributed by atoms with Gasteiger partial charge in [-0.05, 0) is 62.1 Å². The summed E-state index contributed by atoms with van der Waals surface area (Å²) < 4.78 is 5.50. The van der Waals surface area contributed by atoms with E-state index in [1.165, 1.54) is 13.0 Å². The number of hydrogen-bond donors (Lipinski definition) is 1. The number of anilines is 2. The highest BCUT2D eigenvalue weighted by Crippen LogP contribution is 2.35. The van der Waals surface area contributed by atoms with Crippen molar-refractivity contribution in [2.45, 2.75) is 38.6 Å². The van der Waals surface area contributed by atoms with Gasteiger partial charge in [0.2, 0.25) is 5.91 Å². The van der Waals surface area contributed by atoms with Crippen LogP contribution in [0.3, 0.4) is 0 Å². The number of nitrogens with zero attached hydrogens (tertiary/aromatic N) is 2. The molecule has 8 nitrogen and oxygen atoms in total. The van der Waals surface area contributed by atoms with Gasteiger partial charge in [0.25, 0.3) is 5.69 Å². The molecule has 2 aliphatic heterocycles. The molecular formula is C22H23N3O5. The zero-order valence-corrected chi connectivity index (χ0v) is 16.7. The van der Waals surface area contributed by atoms with Crippen LogP contribution >= 0.6 is 0 Å². The minimum atomic E-state index is -0.523. The van der Waals surface area contributed by atoms with Crippen molar-refractivity contribution < 1.29 is 19.2 Å². The maximum absolute atomic E-state index is 13.1. The van der Waals surface area contributed by atoms with Gasteiger partial charge in [-0.3, -0.25) is 19.7 Å². The fourth-order valence-corrected chi connectivity index (χ4v) is 4.11.